The summed E-state index contributed by atoms with van der Waals surface area (Å²) in [5.41, 5.74) is 29.6. The fourth-order valence-corrected chi connectivity index (χ4v) is 24.3. The third-order valence-electron chi connectivity index (χ3n) is 27.4. The van der Waals surface area contributed by atoms with Gasteiger partial charge in [-0.25, -0.2) is 0 Å². The fourth-order valence-electron chi connectivity index (χ4n) is 21.8. The summed E-state index contributed by atoms with van der Waals surface area (Å²) in [5.74, 6) is 0. The van der Waals surface area contributed by atoms with Crippen LogP contribution in [0.1, 0.15) is 74.9 Å². The zero-order chi connectivity index (χ0) is 80.3. The lowest BCUT2D eigenvalue weighted by molar-refractivity contribution is 0.661. The van der Waals surface area contributed by atoms with Crippen LogP contribution in [-0.2, 0) is 10.8 Å². The highest BCUT2D eigenvalue weighted by atomic mass is 32.1. The van der Waals surface area contributed by atoms with Gasteiger partial charge in [0, 0.05) is 61.9 Å². The van der Waals surface area contributed by atoms with Gasteiger partial charge in [-0.3, -0.25) is 0 Å². The Morgan fingerprint density at radius 2 is 0.658 bits per heavy atom. The molecule has 2 heteroatoms. The lowest BCUT2D eigenvalue weighted by Gasteiger charge is -2.26. The van der Waals surface area contributed by atoms with Crippen molar-refractivity contribution in [1.82, 2.24) is 0 Å². The molecule has 0 N–H and O–H groups in total. The van der Waals surface area contributed by atoms with Crippen LogP contribution >= 0.6 is 22.7 Å². The third kappa shape index (κ3) is 10.2. The van der Waals surface area contributed by atoms with Gasteiger partial charge in [-0.2, -0.15) is 0 Å². The summed E-state index contributed by atoms with van der Waals surface area (Å²) >= 11 is 3.88. The summed E-state index contributed by atoms with van der Waals surface area (Å²) in [5, 5.41) is 27.8. The molecule has 120 heavy (non-hydrogen) atoms. The first-order chi connectivity index (χ1) is 58.8. The zero-order valence-corrected chi connectivity index (χ0v) is 69.4. The first kappa shape index (κ1) is 70.4. The van der Waals surface area contributed by atoms with E-state index in [0.717, 1.165) is 16.7 Å². The molecule has 0 saturated heterocycles. The molecule has 0 saturated carbocycles. The largest absolute Gasteiger partial charge is 0.135 e. The Balaban J connectivity index is 0.581. The predicted molar refractivity (Wildman–Crippen MR) is 525 cm³/mol. The molecule has 2 heterocycles. The average molecular weight is 1560 g/mol. The molecular formula is C118H80S2. The Kier molecular flexibility index (Phi) is 15.4. The molecule has 2 aliphatic rings. The van der Waals surface area contributed by atoms with E-state index in [9.17, 15) is 0 Å². The fraction of sp³-hybridized carbons (Fsp3) is 0.0678. The molecule has 0 fully saturated rings. The molecular weight excluding hydrogens is 1480 g/mol. The van der Waals surface area contributed by atoms with Crippen LogP contribution in [0.3, 0.4) is 0 Å². The van der Waals surface area contributed by atoms with Crippen molar-refractivity contribution >= 4 is 174 Å². The van der Waals surface area contributed by atoms with Crippen molar-refractivity contribution in [1.29, 1.82) is 0 Å². The second-order valence-electron chi connectivity index (χ2n) is 34.3. The molecule has 24 rings (SSSR count). The highest BCUT2D eigenvalue weighted by molar-refractivity contribution is 7.27. The van der Waals surface area contributed by atoms with Crippen molar-refractivity contribution in [2.75, 3.05) is 0 Å². The van der Waals surface area contributed by atoms with Crippen molar-refractivity contribution in [3.63, 3.8) is 0 Å². The van der Waals surface area contributed by atoms with Gasteiger partial charge >= 0.3 is 0 Å². The second kappa shape index (κ2) is 26.3. The van der Waals surface area contributed by atoms with Crippen LogP contribution in [0.15, 0.2) is 341 Å². The Morgan fingerprint density at radius 1 is 0.242 bits per heavy atom. The summed E-state index contributed by atoms with van der Waals surface area (Å²) in [7, 11) is 0. The highest BCUT2D eigenvalue weighted by Crippen LogP contribution is 2.59. The van der Waals surface area contributed by atoms with E-state index in [0.29, 0.717) is 0 Å². The van der Waals surface area contributed by atoms with E-state index in [1.807, 2.05) is 34.8 Å². The normalized spacial score (nSPS) is 13.7. The number of hydrogen-bond donors (Lipinski definition) is 0. The van der Waals surface area contributed by atoms with Gasteiger partial charge in [-0.15, -0.1) is 22.7 Å². The van der Waals surface area contributed by atoms with Crippen LogP contribution in [0.5, 0.6) is 0 Å². The van der Waals surface area contributed by atoms with Crippen LogP contribution < -0.4 is 10.4 Å². The molecule has 0 bridgehead atoms. The molecule has 0 spiro atoms. The molecule has 2 aromatic heterocycles. The molecule has 2 aliphatic carbocycles. The van der Waals surface area contributed by atoms with Crippen molar-refractivity contribution < 1.29 is 0 Å². The van der Waals surface area contributed by atoms with E-state index in [1.54, 1.807) is 0 Å². The Morgan fingerprint density at radius 3 is 1.31 bits per heavy atom. The molecule has 564 valence electrons. The van der Waals surface area contributed by atoms with Gasteiger partial charge in [0.1, 0.15) is 0 Å². The van der Waals surface area contributed by atoms with Gasteiger partial charge in [0.25, 0.3) is 0 Å². The van der Waals surface area contributed by atoms with Crippen LogP contribution in [0.2, 0.25) is 0 Å². The van der Waals surface area contributed by atoms with E-state index >= 15 is 0 Å². The lowest BCUT2D eigenvalue weighted by Crippen LogP contribution is -2.31. The monoisotopic (exact) mass is 1560 g/mol. The number of benzene rings is 20. The van der Waals surface area contributed by atoms with E-state index in [2.05, 4.69) is 394 Å². The number of rotatable bonds is 9. The van der Waals surface area contributed by atoms with Gasteiger partial charge in [0.15, 0.2) is 0 Å². The van der Waals surface area contributed by atoms with Gasteiger partial charge in [0.2, 0.25) is 0 Å². The predicted octanol–water partition coefficient (Wildman–Crippen LogP) is 32.8. The molecule has 0 aliphatic heterocycles. The SMILES string of the molecule is C=Cc1c(C=C)c(-c2ccc3cc(-c4cc5c(ccc6c7ccccc7sc56)c5c4C(C)(C)c4cc(-c6ccc7c(c6)sc6c7ccc7ccc8c(c76)-c6ccc(-c7ccc9cc(-c%10c%11ccccc%11c(-c%11cccc%12ccccc%11%12)c%11ccccc%10%11)ccc9c7)cc6C8(C)C)ccc4-5)ccc3c2)c(=C/C)/c(=C\C)c1-c1ccc2ccccc2c1. The maximum atomic E-state index is 4.48. The van der Waals surface area contributed by atoms with Crippen LogP contribution in [0.4, 0.5) is 0 Å². The maximum Gasteiger partial charge on any atom is 0.0440 e. The van der Waals surface area contributed by atoms with Gasteiger partial charge in [-0.05, 0) is 294 Å². The van der Waals surface area contributed by atoms with E-state index in [-0.39, 0.29) is 10.8 Å². The molecule has 0 radical (unpaired) electrons. The minimum absolute atomic E-state index is 0.223. The quantitative estimate of drug-likeness (QED) is 0.126. The molecule has 0 nitrogen and oxygen atoms in total. The molecule has 22 aromatic rings. The molecule has 0 unspecified atom stereocenters. The van der Waals surface area contributed by atoms with Gasteiger partial charge < -0.3 is 0 Å². The number of thiophene rings is 2. The second-order valence-corrected chi connectivity index (χ2v) is 36.4. The standard InChI is InChI=1S/C118H80S2/c1-9-83-85(11-3)108(86(12-4)84(10-2)107(83)80-43-36-67-24-13-14-26-70(67)60-80)81-44-41-73-59-79(42-39-75(73)61-81)100-66-101-95(55-56-96-88-29-21-22-35-105(88)119-115(96)101)112-98-53-48-77(64-104(98)118(7,8)114(100)112)78-47-51-89-97-52-46-69-50-57-102-113(110(69)116(97)120-106(89)65-78)99-54-49-76(63-103(99)117(102,5)6)72-37-38-74-62-82(45-40-71(74)58-72)109-91-30-17-19-32-93(91)111(94-33-20-18-31-92(94)109)90-34-23-27-68-25-15-16-28-87(68)90/h9-66H,1,3H2,2,4-8H3/b84-10+,86-12+. The van der Waals surface area contributed by atoms with Gasteiger partial charge in [0.05, 0.1) is 0 Å². The molecule has 20 aromatic carbocycles. The molecule has 0 atom stereocenters. The van der Waals surface area contributed by atoms with Crippen molar-refractivity contribution in [2.45, 2.75) is 52.4 Å². The lowest BCUT2D eigenvalue weighted by atomic mass is 9.77. The van der Waals surface area contributed by atoms with Crippen molar-refractivity contribution in [3.05, 3.63) is 385 Å². The maximum absolute atomic E-state index is 4.48. The molecule has 0 amide bonds. The minimum Gasteiger partial charge on any atom is -0.135 e. The van der Waals surface area contributed by atoms with Crippen LogP contribution in [0.25, 0.3) is 251 Å². The first-order valence-electron chi connectivity index (χ1n) is 42.0. The van der Waals surface area contributed by atoms with Crippen LogP contribution in [-0.4, -0.2) is 0 Å². The first-order valence-corrected chi connectivity index (χ1v) is 43.7. The third-order valence-corrected chi connectivity index (χ3v) is 29.8. The van der Waals surface area contributed by atoms with Crippen LogP contribution in [0, 0.1) is 0 Å². The topological polar surface area (TPSA) is 0 Å². The van der Waals surface area contributed by atoms with E-state index < -0.39 is 0 Å². The Bertz CT molecular complexity index is 8470. The summed E-state index contributed by atoms with van der Waals surface area (Å²) in [6.45, 7) is 23.1. The average Bonchev–Trinajstić information content (AvgIpc) is 0.769. The summed E-state index contributed by atoms with van der Waals surface area (Å²) in [4.78, 5) is 0. The van der Waals surface area contributed by atoms with E-state index in [4.69, 9.17) is 0 Å². The summed E-state index contributed by atoms with van der Waals surface area (Å²) in [6, 6.07) is 125. The Hall–Kier alpha value is -13.9. The smallest absolute Gasteiger partial charge is 0.0440 e. The van der Waals surface area contributed by atoms with Crippen molar-refractivity contribution in [3.8, 4) is 100 Å². The highest BCUT2D eigenvalue weighted by Gasteiger charge is 2.41. The van der Waals surface area contributed by atoms with E-state index in [1.165, 1.54) is 254 Å². The summed E-state index contributed by atoms with van der Waals surface area (Å²) in [6.07, 6.45) is 8.61. The van der Waals surface area contributed by atoms with Gasteiger partial charge in [-0.1, -0.05) is 332 Å². The summed E-state index contributed by atoms with van der Waals surface area (Å²) < 4.78 is 5.31. The van der Waals surface area contributed by atoms with Crippen molar-refractivity contribution in [2.24, 2.45) is 0 Å². The minimum atomic E-state index is -0.351. The Labute approximate surface area is 705 Å². The number of hydrogen-bond acceptors (Lipinski definition) is 2. The zero-order valence-electron chi connectivity index (χ0n) is 67.7. The number of fused-ring (bicyclic) bond motifs is 24.